The second kappa shape index (κ2) is 6.38. The predicted octanol–water partition coefficient (Wildman–Crippen LogP) is 2.51. The molecule has 0 heterocycles. The lowest BCUT2D eigenvalue weighted by Gasteiger charge is -2.27. The molecule has 0 aromatic carbocycles. The molecule has 106 valence electrons. The van der Waals surface area contributed by atoms with Crippen molar-refractivity contribution in [3.63, 3.8) is 0 Å². The summed E-state index contributed by atoms with van der Waals surface area (Å²) in [5.74, 6) is 1.13. The van der Waals surface area contributed by atoms with E-state index in [1.807, 2.05) is 0 Å². The molecule has 0 aliphatic heterocycles. The molecule has 0 bridgehead atoms. The summed E-state index contributed by atoms with van der Waals surface area (Å²) in [6.45, 7) is 2.94. The SMILES string of the molecule is CC1CCCC(NCCS(=O)(=O)C2CCCC2)C1. The Balaban J connectivity index is 1.71. The predicted molar refractivity (Wildman–Crippen MR) is 75.5 cm³/mol. The highest BCUT2D eigenvalue weighted by molar-refractivity contribution is 7.92. The molecule has 3 nitrogen and oxygen atoms in total. The van der Waals surface area contributed by atoms with E-state index in [0.717, 1.165) is 31.6 Å². The zero-order valence-corrected chi connectivity index (χ0v) is 12.3. The van der Waals surface area contributed by atoms with Gasteiger partial charge >= 0.3 is 0 Å². The van der Waals surface area contributed by atoms with E-state index in [9.17, 15) is 8.42 Å². The van der Waals surface area contributed by atoms with Gasteiger partial charge in [-0.15, -0.1) is 0 Å². The molecule has 2 unspecified atom stereocenters. The van der Waals surface area contributed by atoms with Gasteiger partial charge in [-0.2, -0.15) is 0 Å². The highest BCUT2D eigenvalue weighted by Gasteiger charge is 2.28. The first-order valence-electron chi connectivity index (χ1n) is 7.53. The molecular weight excluding hydrogens is 246 g/mol. The van der Waals surface area contributed by atoms with Crippen LogP contribution in [0, 0.1) is 5.92 Å². The summed E-state index contributed by atoms with van der Waals surface area (Å²) < 4.78 is 24.2. The lowest BCUT2D eigenvalue weighted by atomic mass is 9.87. The maximum atomic E-state index is 12.1. The number of hydrogen-bond acceptors (Lipinski definition) is 3. The zero-order chi connectivity index (χ0) is 13.0. The van der Waals surface area contributed by atoms with Gasteiger partial charge in [0.1, 0.15) is 0 Å². The Kier molecular flexibility index (Phi) is 5.07. The Morgan fingerprint density at radius 3 is 2.44 bits per heavy atom. The van der Waals surface area contributed by atoms with Gasteiger partial charge in [-0.1, -0.05) is 32.6 Å². The van der Waals surface area contributed by atoms with Crippen LogP contribution in [0.15, 0.2) is 0 Å². The van der Waals surface area contributed by atoms with E-state index < -0.39 is 9.84 Å². The summed E-state index contributed by atoms with van der Waals surface area (Å²) >= 11 is 0. The van der Waals surface area contributed by atoms with Crippen molar-refractivity contribution in [1.29, 1.82) is 0 Å². The summed E-state index contributed by atoms with van der Waals surface area (Å²) in [6.07, 6.45) is 9.02. The average molecular weight is 273 g/mol. The Morgan fingerprint density at radius 2 is 1.78 bits per heavy atom. The van der Waals surface area contributed by atoms with Crippen LogP contribution in [0.25, 0.3) is 0 Å². The molecule has 0 saturated heterocycles. The third kappa shape index (κ3) is 3.95. The van der Waals surface area contributed by atoms with E-state index in [0.29, 0.717) is 18.3 Å². The highest BCUT2D eigenvalue weighted by atomic mass is 32.2. The van der Waals surface area contributed by atoms with E-state index >= 15 is 0 Å². The standard InChI is InChI=1S/C14H27NO2S/c1-12-5-4-6-13(11-12)15-9-10-18(16,17)14-7-2-3-8-14/h12-15H,2-11H2,1H3. The first kappa shape index (κ1) is 14.3. The minimum Gasteiger partial charge on any atom is -0.313 e. The monoisotopic (exact) mass is 273 g/mol. The molecule has 18 heavy (non-hydrogen) atoms. The third-order valence-electron chi connectivity index (χ3n) is 4.57. The van der Waals surface area contributed by atoms with Crippen LogP contribution in [0.3, 0.4) is 0 Å². The van der Waals surface area contributed by atoms with Crippen molar-refractivity contribution in [3.05, 3.63) is 0 Å². The highest BCUT2D eigenvalue weighted by Crippen LogP contribution is 2.25. The van der Waals surface area contributed by atoms with Gasteiger partial charge in [-0.3, -0.25) is 0 Å². The Bertz CT molecular complexity index is 347. The fraction of sp³-hybridized carbons (Fsp3) is 1.00. The molecule has 2 aliphatic carbocycles. The van der Waals surface area contributed by atoms with Crippen molar-refractivity contribution in [2.24, 2.45) is 5.92 Å². The summed E-state index contributed by atoms with van der Waals surface area (Å²) in [7, 11) is -2.84. The molecule has 2 atom stereocenters. The summed E-state index contributed by atoms with van der Waals surface area (Å²) in [5, 5.41) is 3.41. The molecule has 0 spiro atoms. The Morgan fingerprint density at radius 1 is 1.06 bits per heavy atom. The molecule has 1 N–H and O–H groups in total. The van der Waals surface area contributed by atoms with Gasteiger partial charge in [0, 0.05) is 12.6 Å². The van der Waals surface area contributed by atoms with Gasteiger partial charge in [-0.05, 0) is 31.6 Å². The summed E-state index contributed by atoms with van der Waals surface area (Å²) in [5.41, 5.74) is 0. The first-order valence-corrected chi connectivity index (χ1v) is 9.24. The van der Waals surface area contributed by atoms with Crippen molar-refractivity contribution >= 4 is 9.84 Å². The van der Waals surface area contributed by atoms with Crippen LogP contribution in [0.2, 0.25) is 0 Å². The molecule has 2 fully saturated rings. The van der Waals surface area contributed by atoms with Crippen LogP contribution >= 0.6 is 0 Å². The fourth-order valence-corrected chi connectivity index (χ4v) is 5.23. The maximum absolute atomic E-state index is 12.1. The molecule has 0 amide bonds. The molecule has 0 aromatic heterocycles. The van der Waals surface area contributed by atoms with Crippen molar-refractivity contribution in [2.45, 2.75) is 69.6 Å². The van der Waals surface area contributed by atoms with Crippen LogP contribution in [0.4, 0.5) is 0 Å². The van der Waals surface area contributed by atoms with E-state index in [1.54, 1.807) is 0 Å². The van der Waals surface area contributed by atoms with Gasteiger partial charge in [0.05, 0.1) is 11.0 Å². The average Bonchev–Trinajstić information content (AvgIpc) is 2.83. The van der Waals surface area contributed by atoms with Crippen molar-refractivity contribution in [1.82, 2.24) is 5.32 Å². The largest absolute Gasteiger partial charge is 0.313 e. The number of hydrogen-bond donors (Lipinski definition) is 1. The van der Waals surface area contributed by atoms with Crippen LogP contribution in [0.1, 0.15) is 58.3 Å². The summed E-state index contributed by atoms with van der Waals surface area (Å²) in [6, 6.07) is 0.549. The van der Waals surface area contributed by atoms with Gasteiger partial charge in [0.15, 0.2) is 9.84 Å². The van der Waals surface area contributed by atoms with Crippen LogP contribution in [0.5, 0.6) is 0 Å². The number of sulfone groups is 1. The lowest BCUT2D eigenvalue weighted by Crippen LogP contribution is -2.37. The topological polar surface area (TPSA) is 46.2 Å². The van der Waals surface area contributed by atoms with E-state index in [4.69, 9.17) is 0 Å². The van der Waals surface area contributed by atoms with Gasteiger partial charge in [0.25, 0.3) is 0 Å². The Hall–Kier alpha value is -0.0900. The minimum absolute atomic E-state index is 0.0374. The molecule has 0 aromatic rings. The molecule has 0 radical (unpaired) electrons. The van der Waals surface area contributed by atoms with Crippen molar-refractivity contribution < 1.29 is 8.42 Å². The smallest absolute Gasteiger partial charge is 0.154 e. The zero-order valence-electron chi connectivity index (χ0n) is 11.5. The molecular formula is C14H27NO2S. The maximum Gasteiger partial charge on any atom is 0.154 e. The van der Waals surface area contributed by atoms with E-state index in [-0.39, 0.29) is 5.25 Å². The second-order valence-electron chi connectivity index (χ2n) is 6.20. The lowest BCUT2D eigenvalue weighted by molar-refractivity contribution is 0.305. The third-order valence-corrected chi connectivity index (χ3v) is 6.83. The van der Waals surface area contributed by atoms with E-state index in [1.165, 1.54) is 25.7 Å². The van der Waals surface area contributed by atoms with Gasteiger partial charge in [0.2, 0.25) is 0 Å². The number of nitrogens with one attached hydrogen (secondary N) is 1. The second-order valence-corrected chi connectivity index (χ2v) is 8.60. The fourth-order valence-electron chi connectivity index (χ4n) is 3.44. The first-order chi connectivity index (χ1) is 8.58. The molecule has 2 aliphatic rings. The quantitative estimate of drug-likeness (QED) is 0.837. The van der Waals surface area contributed by atoms with Gasteiger partial charge in [-0.25, -0.2) is 8.42 Å². The minimum atomic E-state index is -2.84. The molecule has 4 heteroatoms. The van der Waals surface area contributed by atoms with Crippen molar-refractivity contribution in [2.75, 3.05) is 12.3 Å². The van der Waals surface area contributed by atoms with Gasteiger partial charge < -0.3 is 5.32 Å². The van der Waals surface area contributed by atoms with Crippen LogP contribution in [-0.2, 0) is 9.84 Å². The van der Waals surface area contributed by atoms with Crippen LogP contribution in [-0.4, -0.2) is 32.0 Å². The van der Waals surface area contributed by atoms with Crippen LogP contribution < -0.4 is 5.32 Å². The summed E-state index contributed by atoms with van der Waals surface area (Å²) in [4.78, 5) is 0. The number of rotatable bonds is 5. The normalized spacial score (nSPS) is 30.7. The molecule has 2 saturated carbocycles. The van der Waals surface area contributed by atoms with E-state index in [2.05, 4.69) is 12.2 Å². The Labute approximate surface area is 112 Å². The van der Waals surface area contributed by atoms with Crippen molar-refractivity contribution in [3.8, 4) is 0 Å². The molecule has 2 rings (SSSR count).